The fraction of sp³-hybridized carbons (Fsp3) is 0.588. The number of methoxy groups -OCH3 is 1. The van der Waals surface area contributed by atoms with E-state index < -0.39 is 0 Å². The molecule has 0 unspecified atom stereocenters. The normalized spacial score (nSPS) is 21.2. The lowest BCUT2D eigenvalue weighted by molar-refractivity contribution is 0.0599. The van der Waals surface area contributed by atoms with Gasteiger partial charge in [0.25, 0.3) is 5.91 Å². The van der Waals surface area contributed by atoms with Gasteiger partial charge in [-0.2, -0.15) is 5.10 Å². The van der Waals surface area contributed by atoms with Crippen molar-refractivity contribution < 1.29 is 9.53 Å². The Labute approximate surface area is 140 Å². The van der Waals surface area contributed by atoms with Crippen LogP contribution in [-0.2, 0) is 11.3 Å². The third-order valence-electron chi connectivity index (χ3n) is 4.89. The van der Waals surface area contributed by atoms with Crippen molar-refractivity contribution in [3.05, 3.63) is 35.2 Å². The van der Waals surface area contributed by atoms with Crippen LogP contribution in [0.1, 0.15) is 71.8 Å². The van der Waals surface area contributed by atoms with Crippen LogP contribution in [-0.4, -0.2) is 44.6 Å². The molecule has 2 fully saturated rings. The predicted molar refractivity (Wildman–Crippen MR) is 87.5 cm³/mol. The Morgan fingerprint density at radius 3 is 3.04 bits per heavy atom. The summed E-state index contributed by atoms with van der Waals surface area (Å²) < 4.78 is 5.09. The third kappa shape index (κ3) is 2.84. The summed E-state index contributed by atoms with van der Waals surface area (Å²) in [4.78, 5) is 22.9. The molecule has 1 aliphatic carbocycles. The lowest BCUT2D eigenvalue weighted by Gasteiger charge is -2.34. The lowest BCUT2D eigenvalue weighted by atomic mass is 10.00. The van der Waals surface area contributed by atoms with Gasteiger partial charge in [-0.15, -0.1) is 0 Å². The highest BCUT2D eigenvalue weighted by molar-refractivity contribution is 5.96. The van der Waals surface area contributed by atoms with Crippen molar-refractivity contribution in [2.75, 3.05) is 13.7 Å². The van der Waals surface area contributed by atoms with E-state index in [1.807, 2.05) is 17.2 Å². The predicted octanol–water partition coefficient (Wildman–Crippen LogP) is 2.52. The van der Waals surface area contributed by atoms with Crippen molar-refractivity contribution in [2.45, 2.75) is 50.7 Å². The zero-order valence-electron chi connectivity index (χ0n) is 13.9. The number of piperidine rings is 1. The molecular weight excluding hydrogens is 306 g/mol. The molecule has 1 saturated heterocycles. The molecule has 0 bridgehead atoms. The van der Waals surface area contributed by atoms with E-state index in [2.05, 4.69) is 20.2 Å². The first kappa shape index (κ1) is 15.4. The summed E-state index contributed by atoms with van der Waals surface area (Å²) in [6, 6.07) is 1.85. The summed E-state index contributed by atoms with van der Waals surface area (Å²) in [7, 11) is 1.63. The van der Waals surface area contributed by atoms with Gasteiger partial charge in [-0.1, -0.05) is 0 Å². The Morgan fingerprint density at radius 1 is 1.38 bits per heavy atom. The molecule has 24 heavy (non-hydrogen) atoms. The van der Waals surface area contributed by atoms with Gasteiger partial charge in [0.15, 0.2) is 11.6 Å². The molecule has 0 aromatic carbocycles. The average Bonchev–Trinajstić information content (AvgIpc) is 3.15. The van der Waals surface area contributed by atoms with Crippen LogP contribution in [0.3, 0.4) is 0 Å². The number of carbonyl (C=O) groups excluding carboxylic acids is 1. The highest BCUT2D eigenvalue weighted by Crippen LogP contribution is 2.41. The van der Waals surface area contributed by atoms with Crippen molar-refractivity contribution in [2.24, 2.45) is 0 Å². The number of hydrogen-bond donors (Lipinski definition) is 2. The summed E-state index contributed by atoms with van der Waals surface area (Å²) in [6.45, 7) is 1.16. The molecular formula is C17H23N5O2. The minimum absolute atomic E-state index is 0.0601. The number of aromatic nitrogens is 4. The van der Waals surface area contributed by atoms with Crippen molar-refractivity contribution >= 4 is 5.91 Å². The van der Waals surface area contributed by atoms with E-state index in [0.717, 1.165) is 37.1 Å². The first-order valence-corrected chi connectivity index (χ1v) is 8.66. The van der Waals surface area contributed by atoms with Gasteiger partial charge in [0.05, 0.1) is 11.6 Å². The van der Waals surface area contributed by atoms with Gasteiger partial charge in [-0.25, -0.2) is 4.98 Å². The third-order valence-corrected chi connectivity index (χ3v) is 4.89. The van der Waals surface area contributed by atoms with E-state index >= 15 is 0 Å². The van der Waals surface area contributed by atoms with E-state index in [1.54, 1.807) is 7.11 Å². The number of H-pyrrole nitrogens is 2. The lowest BCUT2D eigenvalue weighted by Crippen LogP contribution is -2.39. The standard InChI is InChI=1S/C17H23N5O2/c1-24-10-14-19-16(21-20-14)13-4-2-3-9-22(13)17(23)12-7-8-18-15(12)11-5-6-11/h7-8,11,13,18H,2-6,9-10H2,1H3,(H,19,20,21)/t13-/m1/s1. The van der Waals surface area contributed by atoms with E-state index in [4.69, 9.17) is 4.74 Å². The number of rotatable bonds is 5. The number of carbonyl (C=O) groups is 1. The summed E-state index contributed by atoms with van der Waals surface area (Å²) in [5, 5.41) is 7.23. The van der Waals surface area contributed by atoms with Gasteiger partial charge in [0.2, 0.25) is 0 Å². The number of nitrogens with zero attached hydrogens (tertiary/aromatic N) is 3. The fourth-order valence-electron chi connectivity index (χ4n) is 3.54. The van der Waals surface area contributed by atoms with Crippen molar-refractivity contribution in [1.82, 2.24) is 25.1 Å². The number of likely N-dealkylation sites (tertiary alicyclic amines) is 1. The number of ether oxygens (including phenoxy) is 1. The molecule has 2 aliphatic rings. The Morgan fingerprint density at radius 2 is 2.25 bits per heavy atom. The molecule has 0 spiro atoms. The first-order chi connectivity index (χ1) is 11.8. The Bertz CT molecular complexity index is 718. The van der Waals surface area contributed by atoms with E-state index in [9.17, 15) is 4.79 Å². The fourth-order valence-corrected chi connectivity index (χ4v) is 3.54. The van der Waals surface area contributed by atoms with Crippen LogP contribution >= 0.6 is 0 Å². The molecule has 128 valence electrons. The maximum Gasteiger partial charge on any atom is 0.256 e. The van der Waals surface area contributed by atoms with Crippen LogP contribution in [0, 0.1) is 0 Å². The summed E-state index contributed by atoms with van der Waals surface area (Å²) in [5.41, 5.74) is 1.91. The molecule has 2 aromatic rings. The molecule has 2 N–H and O–H groups in total. The number of aromatic amines is 2. The summed E-state index contributed by atoms with van der Waals surface area (Å²) >= 11 is 0. The van der Waals surface area contributed by atoms with Crippen molar-refractivity contribution in [3.8, 4) is 0 Å². The minimum atomic E-state index is -0.0601. The minimum Gasteiger partial charge on any atom is -0.377 e. The molecule has 0 radical (unpaired) electrons. The monoisotopic (exact) mass is 329 g/mol. The van der Waals surface area contributed by atoms with E-state index in [-0.39, 0.29) is 11.9 Å². The van der Waals surface area contributed by atoms with Crippen LogP contribution < -0.4 is 0 Å². The van der Waals surface area contributed by atoms with Gasteiger partial charge in [-0.05, 0) is 44.1 Å². The molecule has 3 heterocycles. The molecule has 1 aliphatic heterocycles. The molecule has 7 heteroatoms. The smallest absolute Gasteiger partial charge is 0.256 e. The Kier molecular flexibility index (Phi) is 4.10. The summed E-state index contributed by atoms with van der Waals surface area (Å²) in [6.07, 6.45) is 7.24. The Balaban J connectivity index is 1.58. The number of nitrogens with one attached hydrogen (secondary N) is 2. The van der Waals surface area contributed by atoms with Gasteiger partial charge in [0.1, 0.15) is 6.61 Å². The largest absolute Gasteiger partial charge is 0.377 e. The maximum absolute atomic E-state index is 13.1. The topological polar surface area (TPSA) is 86.9 Å². The second kappa shape index (κ2) is 6.39. The quantitative estimate of drug-likeness (QED) is 0.882. The van der Waals surface area contributed by atoms with Gasteiger partial charge in [0, 0.05) is 25.5 Å². The van der Waals surface area contributed by atoms with E-state index in [1.165, 1.54) is 12.8 Å². The molecule has 7 nitrogen and oxygen atoms in total. The second-order valence-electron chi connectivity index (χ2n) is 6.66. The zero-order chi connectivity index (χ0) is 16.5. The van der Waals surface area contributed by atoms with Crippen LogP contribution in [0.25, 0.3) is 0 Å². The van der Waals surface area contributed by atoms with Crippen LogP contribution in [0.5, 0.6) is 0 Å². The molecule has 1 atom stereocenters. The second-order valence-corrected chi connectivity index (χ2v) is 6.66. The van der Waals surface area contributed by atoms with E-state index in [0.29, 0.717) is 24.2 Å². The summed E-state index contributed by atoms with van der Waals surface area (Å²) in [5.74, 6) is 2.02. The SMILES string of the molecule is COCc1nc([C@H]2CCCCN2C(=O)c2cc[nH]c2C2CC2)n[nH]1. The Hall–Kier alpha value is -2.15. The maximum atomic E-state index is 13.1. The van der Waals surface area contributed by atoms with Crippen LogP contribution in [0.15, 0.2) is 12.3 Å². The highest BCUT2D eigenvalue weighted by Gasteiger charge is 2.35. The van der Waals surface area contributed by atoms with Gasteiger partial charge < -0.3 is 14.6 Å². The molecule has 1 saturated carbocycles. The van der Waals surface area contributed by atoms with Crippen molar-refractivity contribution in [1.29, 1.82) is 0 Å². The van der Waals surface area contributed by atoms with Crippen LogP contribution in [0.2, 0.25) is 0 Å². The van der Waals surface area contributed by atoms with Crippen LogP contribution in [0.4, 0.5) is 0 Å². The number of hydrogen-bond acceptors (Lipinski definition) is 4. The molecule has 4 rings (SSSR count). The van der Waals surface area contributed by atoms with Crippen molar-refractivity contribution in [3.63, 3.8) is 0 Å². The molecule has 2 aromatic heterocycles. The first-order valence-electron chi connectivity index (χ1n) is 8.66. The number of amides is 1. The van der Waals surface area contributed by atoms with Gasteiger partial charge in [-0.3, -0.25) is 9.89 Å². The molecule has 1 amide bonds. The highest BCUT2D eigenvalue weighted by atomic mass is 16.5. The van der Waals surface area contributed by atoms with Gasteiger partial charge >= 0.3 is 0 Å². The zero-order valence-corrected chi connectivity index (χ0v) is 13.9. The average molecular weight is 329 g/mol.